The number of rotatable bonds is 5. The molecule has 0 aliphatic rings. The number of carbonyl (C=O) groups is 2. The summed E-state index contributed by atoms with van der Waals surface area (Å²) < 4.78 is 26.0. The van der Waals surface area contributed by atoms with Gasteiger partial charge in [-0.15, -0.1) is 0 Å². The fraction of sp³-hybridized carbons (Fsp3) is 0.176. The first kappa shape index (κ1) is 17.9. The van der Waals surface area contributed by atoms with Crippen molar-refractivity contribution in [3.63, 3.8) is 0 Å². The molecular weight excluding hydrogens is 338 g/mol. The Morgan fingerprint density at radius 1 is 1.08 bits per heavy atom. The van der Waals surface area contributed by atoms with E-state index >= 15 is 0 Å². The van der Waals surface area contributed by atoms with Gasteiger partial charge in [-0.2, -0.15) is 0 Å². The Kier molecular flexibility index (Phi) is 5.87. The molecule has 0 spiro atoms. The van der Waals surface area contributed by atoms with E-state index in [-0.39, 0.29) is 24.6 Å². The van der Waals surface area contributed by atoms with Crippen molar-refractivity contribution in [2.45, 2.75) is 6.92 Å². The average Bonchev–Trinajstić information content (AvgIpc) is 2.54. The van der Waals surface area contributed by atoms with E-state index in [9.17, 15) is 18.4 Å². The predicted molar refractivity (Wildman–Crippen MR) is 88.2 cm³/mol. The zero-order valence-corrected chi connectivity index (χ0v) is 13.6. The van der Waals surface area contributed by atoms with Crippen molar-refractivity contribution in [1.29, 1.82) is 0 Å². The van der Waals surface area contributed by atoms with E-state index in [2.05, 4.69) is 5.32 Å². The van der Waals surface area contributed by atoms with E-state index in [1.165, 1.54) is 17.9 Å². The second kappa shape index (κ2) is 7.88. The summed E-state index contributed by atoms with van der Waals surface area (Å²) in [7, 11) is 0. The van der Waals surface area contributed by atoms with Gasteiger partial charge in [0.1, 0.15) is 0 Å². The summed E-state index contributed by atoms with van der Waals surface area (Å²) in [6.07, 6.45) is 0. The Morgan fingerprint density at radius 3 is 2.33 bits per heavy atom. The van der Waals surface area contributed by atoms with Gasteiger partial charge in [0.2, 0.25) is 5.91 Å². The third-order valence-corrected chi connectivity index (χ3v) is 3.57. The molecule has 0 aliphatic carbocycles. The highest BCUT2D eigenvalue weighted by Gasteiger charge is 2.13. The molecule has 2 aromatic rings. The summed E-state index contributed by atoms with van der Waals surface area (Å²) in [6, 6.07) is 9.61. The molecule has 0 saturated heterocycles. The van der Waals surface area contributed by atoms with E-state index in [4.69, 9.17) is 11.6 Å². The molecule has 0 atom stereocenters. The Balaban J connectivity index is 1.97. The zero-order chi connectivity index (χ0) is 17.7. The van der Waals surface area contributed by atoms with E-state index < -0.39 is 17.5 Å². The second-order valence-electron chi connectivity index (χ2n) is 5.03. The van der Waals surface area contributed by atoms with Crippen LogP contribution in [-0.2, 0) is 4.79 Å². The molecule has 2 amide bonds. The number of amides is 2. The summed E-state index contributed by atoms with van der Waals surface area (Å²) in [6.45, 7) is 1.79. The molecule has 0 fully saturated rings. The van der Waals surface area contributed by atoms with Gasteiger partial charge >= 0.3 is 0 Å². The van der Waals surface area contributed by atoms with Gasteiger partial charge in [-0.3, -0.25) is 9.59 Å². The maximum Gasteiger partial charge on any atom is 0.251 e. The SMILES string of the molecule is CC(=O)N(CCNC(=O)c1ccc(F)c(F)c1)c1ccc(Cl)cc1. The molecule has 0 heterocycles. The highest BCUT2D eigenvalue weighted by Crippen LogP contribution is 2.18. The van der Waals surface area contributed by atoms with Crippen molar-refractivity contribution in [2.75, 3.05) is 18.0 Å². The largest absolute Gasteiger partial charge is 0.350 e. The van der Waals surface area contributed by atoms with Gasteiger partial charge in [0.15, 0.2) is 11.6 Å². The summed E-state index contributed by atoms with van der Waals surface area (Å²) >= 11 is 5.82. The minimum atomic E-state index is -1.09. The molecule has 0 bridgehead atoms. The van der Waals surface area contributed by atoms with Crippen molar-refractivity contribution in [2.24, 2.45) is 0 Å². The summed E-state index contributed by atoms with van der Waals surface area (Å²) in [4.78, 5) is 25.1. The number of halogens is 3. The van der Waals surface area contributed by atoms with Gasteiger partial charge in [-0.1, -0.05) is 11.6 Å². The smallest absolute Gasteiger partial charge is 0.251 e. The Labute approximate surface area is 143 Å². The monoisotopic (exact) mass is 352 g/mol. The molecule has 2 aromatic carbocycles. The fourth-order valence-corrected chi connectivity index (χ4v) is 2.24. The normalized spacial score (nSPS) is 10.3. The fourth-order valence-electron chi connectivity index (χ4n) is 2.11. The summed E-state index contributed by atoms with van der Waals surface area (Å²) in [5, 5.41) is 3.11. The van der Waals surface area contributed by atoms with Crippen LogP contribution >= 0.6 is 11.6 Å². The molecule has 1 N–H and O–H groups in total. The van der Waals surface area contributed by atoms with Crippen LogP contribution in [0.1, 0.15) is 17.3 Å². The van der Waals surface area contributed by atoms with Crippen LogP contribution in [-0.4, -0.2) is 24.9 Å². The number of nitrogens with one attached hydrogen (secondary N) is 1. The molecule has 2 rings (SSSR count). The van der Waals surface area contributed by atoms with E-state index in [0.29, 0.717) is 10.7 Å². The summed E-state index contributed by atoms with van der Waals surface area (Å²) in [5.74, 6) is -2.85. The van der Waals surface area contributed by atoms with Crippen LogP contribution in [0.5, 0.6) is 0 Å². The maximum absolute atomic E-state index is 13.1. The lowest BCUT2D eigenvalue weighted by Gasteiger charge is -2.21. The quantitative estimate of drug-likeness (QED) is 0.896. The van der Waals surface area contributed by atoms with Crippen LogP contribution in [0.2, 0.25) is 5.02 Å². The number of hydrogen-bond donors (Lipinski definition) is 1. The number of carbonyl (C=O) groups excluding carboxylic acids is 2. The van der Waals surface area contributed by atoms with Crippen LogP contribution < -0.4 is 10.2 Å². The van der Waals surface area contributed by atoms with Gasteiger partial charge in [0, 0.05) is 36.3 Å². The van der Waals surface area contributed by atoms with Crippen molar-refractivity contribution in [1.82, 2.24) is 5.32 Å². The lowest BCUT2D eigenvalue weighted by atomic mass is 10.2. The summed E-state index contributed by atoms with van der Waals surface area (Å²) in [5.41, 5.74) is 0.656. The third kappa shape index (κ3) is 4.52. The molecule has 0 saturated carbocycles. The number of benzene rings is 2. The minimum Gasteiger partial charge on any atom is -0.350 e. The van der Waals surface area contributed by atoms with Gasteiger partial charge in [0.05, 0.1) is 0 Å². The van der Waals surface area contributed by atoms with Gasteiger partial charge < -0.3 is 10.2 Å². The van der Waals surface area contributed by atoms with Crippen LogP contribution in [0, 0.1) is 11.6 Å². The van der Waals surface area contributed by atoms with Crippen molar-refractivity contribution >= 4 is 29.1 Å². The molecule has 126 valence electrons. The van der Waals surface area contributed by atoms with E-state index in [0.717, 1.165) is 12.1 Å². The number of nitrogens with zero attached hydrogens (tertiary/aromatic N) is 1. The molecule has 4 nitrogen and oxygen atoms in total. The maximum atomic E-state index is 13.1. The Bertz CT molecular complexity index is 751. The first-order valence-electron chi connectivity index (χ1n) is 7.15. The van der Waals surface area contributed by atoms with Gasteiger partial charge in [-0.05, 0) is 42.5 Å². The Morgan fingerprint density at radius 2 is 1.75 bits per heavy atom. The van der Waals surface area contributed by atoms with Gasteiger partial charge in [-0.25, -0.2) is 8.78 Å². The lowest BCUT2D eigenvalue weighted by molar-refractivity contribution is -0.116. The molecule has 24 heavy (non-hydrogen) atoms. The first-order valence-corrected chi connectivity index (χ1v) is 7.53. The molecule has 0 unspecified atom stereocenters. The molecule has 0 aromatic heterocycles. The molecule has 7 heteroatoms. The Hall–Kier alpha value is -2.47. The third-order valence-electron chi connectivity index (χ3n) is 3.32. The van der Waals surface area contributed by atoms with Crippen molar-refractivity contribution in [3.05, 3.63) is 64.7 Å². The molecule has 0 radical (unpaired) electrons. The van der Waals surface area contributed by atoms with Crippen molar-refractivity contribution < 1.29 is 18.4 Å². The van der Waals surface area contributed by atoms with E-state index in [1.807, 2.05) is 0 Å². The highest BCUT2D eigenvalue weighted by atomic mass is 35.5. The predicted octanol–water partition coefficient (Wildman–Crippen LogP) is 3.40. The number of anilines is 1. The van der Waals surface area contributed by atoms with Crippen LogP contribution in [0.15, 0.2) is 42.5 Å². The van der Waals surface area contributed by atoms with Crippen LogP contribution in [0.3, 0.4) is 0 Å². The molecular formula is C17H15ClF2N2O2. The average molecular weight is 353 g/mol. The lowest BCUT2D eigenvalue weighted by Crippen LogP contribution is -2.37. The standard InChI is InChI=1S/C17H15ClF2N2O2/c1-11(23)22(14-5-3-13(18)4-6-14)9-8-21-17(24)12-2-7-15(19)16(20)10-12/h2-7,10H,8-9H2,1H3,(H,21,24). The topological polar surface area (TPSA) is 49.4 Å². The molecule has 0 aliphatic heterocycles. The van der Waals surface area contributed by atoms with Crippen LogP contribution in [0.25, 0.3) is 0 Å². The van der Waals surface area contributed by atoms with Crippen LogP contribution in [0.4, 0.5) is 14.5 Å². The van der Waals surface area contributed by atoms with Gasteiger partial charge in [0.25, 0.3) is 5.91 Å². The second-order valence-corrected chi connectivity index (χ2v) is 5.47. The number of hydrogen-bond acceptors (Lipinski definition) is 2. The minimum absolute atomic E-state index is 0.00904. The van der Waals surface area contributed by atoms with Crippen molar-refractivity contribution in [3.8, 4) is 0 Å². The first-order chi connectivity index (χ1) is 11.4. The zero-order valence-electron chi connectivity index (χ0n) is 12.9. The highest BCUT2D eigenvalue weighted by molar-refractivity contribution is 6.30. The van der Waals surface area contributed by atoms with E-state index in [1.54, 1.807) is 24.3 Å².